The van der Waals surface area contributed by atoms with E-state index in [-0.39, 0.29) is 5.91 Å². The van der Waals surface area contributed by atoms with Crippen LogP contribution in [-0.2, 0) is 17.8 Å². The van der Waals surface area contributed by atoms with Crippen LogP contribution in [0.25, 0.3) is 5.52 Å². The normalized spacial score (nSPS) is 10.7. The molecule has 0 atom stereocenters. The summed E-state index contributed by atoms with van der Waals surface area (Å²) >= 11 is 0. The number of imidazole rings is 1. The molecule has 0 aliphatic rings. The van der Waals surface area contributed by atoms with Crippen molar-refractivity contribution in [1.29, 1.82) is 0 Å². The molecule has 0 radical (unpaired) electrons. The van der Waals surface area contributed by atoms with E-state index < -0.39 is 0 Å². The molecule has 1 N–H and O–H groups in total. The number of carbonyl (C=O) groups is 1. The highest BCUT2D eigenvalue weighted by molar-refractivity contribution is 5.78. The van der Waals surface area contributed by atoms with Crippen molar-refractivity contribution in [2.45, 2.75) is 19.9 Å². The Bertz CT molecular complexity index is 793. The lowest BCUT2D eigenvalue weighted by Gasteiger charge is -2.06. The maximum absolute atomic E-state index is 12.1. The summed E-state index contributed by atoms with van der Waals surface area (Å²) in [7, 11) is 0. The number of rotatable bonds is 6. The van der Waals surface area contributed by atoms with E-state index in [1.54, 1.807) is 6.20 Å². The lowest BCUT2D eigenvalue weighted by molar-refractivity contribution is -0.120. The monoisotopic (exact) mass is 309 g/mol. The first-order chi connectivity index (χ1) is 11.3. The minimum Gasteiger partial charge on any atom is -0.494 e. The van der Waals surface area contributed by atoms with Crippen molar-refractivity contribution >= 4 is 11.4 Å². The Morgan fingerprint density at radius 3 is 2.83 bits per heavy atom. The van der Waals surface area contributed by atoms with E-state index in [1.807, 2.05) is 60.0 Å². The van der Waals surface area contributed by atoms with Crippen molar-refractivity contribution in [3.63, 3.8) is 0 Å². The van der Waals surface area contributed by atoms with Crippen LogP contribution in [0.15, 0.2) is 54.9 Å². The van der Waals surface area contributed by atoms with Crippen molar-refractivity contribution in [1.82, 2.24) is 14.7 Å². The molecule has 0 unspecified atom stereocenters. The molecule has 5 nitrogen and oxygen atoms in total. The third-order valence-electron chi connectivity index (χ3n) is 3.56. The third-order valence-corrected chi connectivity index (χ3v) is 3.56. The van der Waals surface area contributed by atoms with Gasteiger partial charge in [0.05, 0.1) is 31.3 Å². The molecular weight excluding hydrogens is 290 g/mol. The number of ether oxygens (including phenoxy) is 1. The van der Waals surface area contributed by atoms with E-state index in [9.17, 15) is 4.79 Å². The SMILES string of the molecule is CCOc1ccc(CC(=O)NCc2ncc3ccccn23)cc1. The second-order valence-electron chi connectivity index (χ2n) is 5.20. The summed E-state index contributed by atoms with van der Waals surface area (Å²) in [5.74, 6) is 1.61. The van der Waals surface area contributed by atoms with E-state index in [4.69, 9.17) is 4.74 Å². The second-order valence-corrected chi connectivity index (χ2v) is 5.20. The van der Waals surface area contributed by atoms with Crippen molar-refractivity contribution < 1.29 is 9.53 Å². The van der Waals surface area contributed by atoms with Crippen LogP contribution in [0.5, 0.6) is 5.75 Å². The van der Waals surface area contributed by atoms with Crippen LogP contribution in [0, 0.1) is 0 Å². The zero-order chi connectivity index (χ0) is 16.1. The molecule has 118 valence electrons. The van der Waals surface area contributed by atoms with Crippen LogP contribution in [0.4, 0.5) is 0 Å². The fourth-order valence-electron chi connectivity index (χ4n) is 2.43. The van der Waals surface area contributed by atoms with Gasteiger partial charge < -0.3 is 14.5 Å². The maximum Gasteiger partial charge on any atom is 0.224 e. The molecule has 0 aliphatic carbocycles. The number of nitrogens with one attached hydrogen (secondary N) is 1. The van der Waals surface area contributed by atoms with E-state index >= 15 is 0 Å². The Labute approximate surface area is 134 Å². The molecule has 0 spiro atoms. The minimum atomic E-state index is -0.0261. The van der Waals surface area contributed by atoms with E-state index in [0.29, 0.717) is 19.6 Å². The van der Waals surface area contributed by atoms with Gasteiger partial charge in [0.2, 0.25) is 5.91 Å². The predicted octanol–water partition coefficient (Wildman–Crippen LogP) is 2.59. The molecule has 0 aliphatic heterocycles. The quantitative estimate of drug-likeness (QED) is 0.761. The number of aromatic nitrogens is 2. The third kappa shape index (κ3) is 3.69. The Kier molecular flexibility index (Phi) is 4.57. The average Bonchev–Trinajstić information content (AvgIpc) is 2.98. The van der Waals surface area contributed by atoms with Crippen LogP contribution in [0.1, 0.15) is 18.3 Å². The predicted molar refractivity (Wildman–Crippen MR) is 88.4 cm³/mol. The first kappa shape index (κ1) is 15.1. The minimum absolute atomic E-state index is 0.0261. The summed E-state index contributed by atoms with van der Waals surface area (Å²) in [5.41, 5.74) is 1.97. The highest BCUT2D eigenvalue weighted by atomic mass is 16.5. The highest BCUT2D eigenvalue weighted by Crippen LogP contribution is 2.12. The standard InChI is InChI=1S/C18H19N3O2/c1-2-23-16-8-6-14(7-9-16)11-18(22)20-13-17-19-12-15-5-3-4-10-21(15)17/h3-10,12H,2,11,13H2,1H3,(H,20,22). The van der Waals surface area contributed by atoms with Crippen molar-refractivity contribution in [3.05, 3.63) is 66.2 Å². The largest absolute Gasteiger partial charge is 0.494 e. The van der Waals surface area contributed by atoms with Crippen LogP contribution in [0.2, 0.25) is 0 Å². The van der Waals surface area contributed by atoms with Gasteiger partial charge in [-0.3, -0.25) is 4.79 Å². The number of hydrogen-bond acceptors (Lipinski definition) is 3. The molecule has 5 heteroatoms. The number of amides is 1. The topological polar surface area (TPSA) is 55.6 Å². The molecule has 0 fully saturated rings. The molecule has 1 amide bonds. The van der Waals surface area contributed by atoms with Gasteiger partial charge >= 0.3 is 0 Å². The Hall–Kier alpha value is -2.82. The van der Waals surface area contributed by atoms with Crippen LogP contribution < -0.4 is 10.1 Å². The number of benzene rings is 1. The number of carbonyl (C=O) groups excluding carboxylic acids is 1. The zero-order valence-corrected chi connectivity index (χ0v) is 13.0. The van der Waals surface area contributed by atoms with Crippen LogP contribution in [-0.4, -0.2) is 21.9 Å². The Morgan fingerprint density at radius 2 is 2.04 bits per heavy atom. The van der Waals surface area contributed by atoms with E-state index in [1.165, 1.54) is 0 Å². The lowest BCUT2D eigenvalue weighted by Crippen LogP contribution is -2.25. The summed E-state index contributed by atoms with van der Waals surface area (Å²) < 4.78 is 7.36. The number of fused-ring (bicyclic) bond motifs is 1. The van der Waals surface area contributed by atoms with E-state index in [2.05, 4.69) is 10.3 Å². The van der Waals surface area contributed by atoms with Gasteiger partial charge in [-0.05, 0) is 36.8 Å². The van der Waals surface area contributed by atoms with Gasteiger partial charge in [0, 0.05) is 6.20 Å². The fraction of sp³-hybridized carbons (Fsp3) is 0.222. The Morgan fingerprint density at radius 1 is 1.22 bits per heavy atom. The van der Waals surface area contributed by atoms with Crippen molar-refractivity contribution in [2.24, 2.45) is 0 Å². The summed E-state index contributed by atoms with van der Waals surface area (Å²) in [6.07, 6.45) is 4.08. The molecular formula is C18H19N3O2. The summed E-state index contributed by atoms with van der Waals surface area (Å²) in [6.45, 7) is 2.99. The molecule has 1 aromatic carbocycles. The van der Waals surface area contributed by atoms with Gasteiger partial charge in [0.25, 0.3) is 0 Å². The van der Waals surface area contributed by atoms with Crippen molar-refractivity contribution in [3.8, 4) is 5.75 Å². The fourth-order valence-corrected chi connectivity index (χ4v) is 2.43. The van der Waals surface area contributed by atoms with Crippen molar-refractivity contribution in [2.75, 3.05) is 6.61 Å². The van der Waals surface area contributed by atoms with Gasteiger partial charge in [0.1, 0.15) is 11.6 Å². The molecule has 23 heavy (non-hydrogen) atoms. The Balaban J connectivity index is 1.57. The first-order valence-electron chi connectivity index (χ1n) is 7.65. The number of pyridine rings is 1. The highest BCUT2D eigenvalue weighted by Gasteiger charge is 2.07. The molecule has 2 aromatic heterocycles. The molecule has 2 heterocycles. The van der Waals surface area contributed by atoms with Gasteiger partial charge in [-0.15, -0.1) is 0 Å². The van der Waals surface area contributed by atoms with E-state index in [0.717, 1.165) is 22.7 Å². The number of hydrogen-bond donors (Lipinski definition) is 1. The molecule has 3 rings (SSSR count). The smallest absolute Gasteiger partial charge is 0.224 e. The molecule has 0 bridgehead atoms. The molecule has 3 aromatic rings. The van der Waals surface area contributed by atoms with Crippen LogP contribution >= 0.6 is 0 Å². The molecule has 0 saturated carbocycles. The average molecular weight is 309 g/mol. The van der Waals surface area contributed by atoms with Crippen LogP contribution in [0.3, 0.4) is 0 Å². The zero-order valence-electron chi connectivity index (χ0n) is 13.0. The van der Waals surface area contributed by atoms with Gasteiger partial charge in [-0.2, -0.15) is 0 Å². The number of nitrogens with zero attached hydrogens (tertiary/aromatic N) is 2. The first-order valence-corrected chi connectivity index (χ1v) is 7.65. The van der Waals surface area contributed by atoms with Gasteiger partial charge in [-0.25, -0.2) is 4.98 Å². The van der Waals surface area contributed by atoms with Gasteiger partial charge in [-0.1, -0.05) is 18.2 Å². The summed E-state index contributed by atoms with van der Waals surface area (Å²) in [4.78, 5) is 16.4. The lowest BCUT2D eigenvalue weighted by atomic mass is 10.1. The van der Waals surface area contributed by atoms with Gasteiger partial charge in [0.15, 0.2) is 0 Å². The second kappa shape index (κ2) is 6.96. The molecule has 0 saturated heterocycles. The summed E-state index contributed by atoms with van der Waals surface area (Å²) in [6, 6.07) is 13.5. The maximum atomic E-state index is 12.1. The summed E-state index contributed by atoms with van der Waals surface area (Å²) in [5, 5.41) is 2.91.